The fourth-order valence-electron chi connectivity index (χ4n) is 3.32. The van der Waals surface area contributed by atoms with Gasteiger partial charge in [-0.1, -0.05) is 81.7 Å². The van der Waals surface area contributed by atoms with Gasteiger partial charge in [-0.2, -0.15) is 0 Å². The largest absolute Gasteiger partial charge is 0.493 e. The Morgan fingerprint density at radius 1 is 0.767 bits per heavy atom. The Balaban J connectivity index is 0.00000218. The van der Waals surface area contributed by atoms with Crippen molar-refractivity contribution in [2.75, 3.05) is 13.2 Å². The summed E-state index contributed by atoms with van der Waals surface area (Å²) in [5.41, 5.74) is 3.47. The molecule has 0 bridgehead atoms. The van der Waals surface area contributed by atoms with Gasteiger partial charge >= 0.3 is 0 Å². The van der Waals surface area contributed by atoms with E-state index in [0.717, 1.165) is 40.5 Å². The van der Waals surface area contributed by atoms with Gasteiger partial charge in [0.25, 0.3) is 0 Å². The molecule has 4 nitrogen and oxygen atoms in total. The second-order valence-corrected chi connectivity index (χ2v) is 7.92. The molecule has 0 aliphatic carbocycles. The van der Waals surface area contributed by atoms with Crippen LogP contribution in [0, 0.1) is 17.7 Å². The number of nitrogens with zero attached hydrogens (tertiary/aromatic N) is 2. The van der Waals surface area contributed by atoms with Crippen molar-refractivity contribution in [2.45, 2.75) is 77.0 Å². The van der Waals surface area contributed by atoms with Crippen LogP contribution < -0.4 is 9.47 Å². The Bertz CT molecular complexity index is 745. The molecule has 0 aromatic heterocycles. The normalized spacial score (nSPS) is 10.2. The molecule has 30 heavy (non-hydrogen) atoms. The maximum atomic E-state index is 6.18. The lowest BCUT2D eigenvalue weighted by atomic mass is 10.0. The summed E-state index contributed by atoms with van der Waals surface area (Å²) in [7, 11) is 0. The Hall–Kier alpha value is -2.19. The van der Waals surface area contributed by atoms with E-state index < -0.39 is 0 Å². The van der Waals surface area contributed by atoms with Crippen molar-refractivity contribution in [2.24, 2.45) is 0 Å². The van der Waals surface area contributed by atoms with Crippen molar-refractivity contribution >= 4 is 12.6 Å². The molecule has 0 aliphatic rings. The van der Waals surface area contributed by atoms with Crippen molar-refractivity contribution in [3.05, 3.63) is 42.0 Å². The number of unbranched alkanes of at least 4 members (excludes halogenated alkanes) is 7. The highest BCUT2D eigenvalue weighted by Crippen LogP contribution is 2.38. The molecule has 0 N–H and O–H groups in total. The lowest BCUT2D eigenvalue weighted by molar-refractivity contribution is 0.301. The Morgan fingerprint density at radius 3 is 1.97 bits per heavy atom. The van der Waals surface area contributed by atoms with Crippen LogP contribution in [-0.2, 0) is 0 Å². The highest BCUT2D eigenvalue weighted by atomic mass is 32.1. The van der Waals surface area contributed by atoms with Gasteiger partial charge in [-0.05, 0) is 38.0 Å². The molecule has 0 spiro atoms. The first-order valence-electron chi connectivity index (χ1n) is 11.0. The zero-order chi connectivity index (χ0) is 22.2. The standard InChI is InChI=1S/C25H36O2S.N2/c1-4-6-7-8-9-10-11-12-17-27-23-19-25(28)24(26-5-2)18-22(23)21-15-13-20(3)14-16-21;1-2/h13-16,18-19,28H,4-12,17H2,1-3H3;. The molecule has 2 rings (SSSR count). The molecule has 164 valence electrons. The van der Waals surface area contributed by atoms with Crippen LogP contribution in [0.2, 0.25) is 0 Å². The third-order valence-corrected chi connectivity index (χ3v) is 5.33. The first-order valence-corrected chi connectivity index (χ1v) is 11.5. The molecular weight excluding hydrogens is 392 g/mol. The van der Waals surface area contributed by atoms with Gasteiger partial charge in [-0.25, -0.2) is 0 Å². The van der Waals surface area contributed by atoms with Crippen LogP contribution in [0.1, 0.15) is 70.8 Å². The first-order chi connectivity index (χ1) is 14.7. The van der Waals surface area contributed by atoms with Crippen molar-refractivity contribution < 1.29 is 9.47 Å². The summed E-state index contributed by atoms with van der Waals surface area (Å²) in [6.07, 6.45) is 10.4. The number of thiol groups is 1. The van der Waals surface area contributed by atoms with Crippen LogP contribution in [0.4, 0.5) is 0 Å². The number of hydrogen-bond donors (Lipinski definition) is 1. The molecule has 0 unspecified atom stereocenters. The molecule has 0 aliphatic heterocycles. The summed E-state index contributed by atoms with van der Waals surface area (Å²) in [6.45, 7) is 7.73. The zero-order valence-electron chi connectivity index (χ0n) is 18.7. The molecule has 2 aromatic rings. The summed E-state index contributed by atoms with van der Waals surface area (Å²) < 4.78 is 11.9. The van der Waals surface area contributed by atoms with Gasteiger partial charge < -0.3 is 9.47 Å². The van der Waals surface area contributed by atoms with Crippen LogP contribution in [0.3, 0.4) is 0 Å². The van der Waals surface area contributed by atoms with E-state index in [2.05, 4.69) is 56.8 Å². The Labute approximate surface area is 187 Å². The van der Waals surface area contributed by atoms with Gasteiger partial charge in [-0.3, -0.25) is 0 Å². The minimum atomic E-state index is 0.624. The van der Waals surface area contributed by atoms with Crippen LogP contribution in [0.5, 0.6) is 11.5 Å². The molecule has 0 saturated heterocycles. The van der Waals surface area contributed by atoms with E-state index in [1.807, 2.05) is 13.0 Å². The Morgan fingerprint density at radius 2 is 1.37 bits per heavy atom. The summed E-state index contributed by atoms with van der Waals surface area (Å²) >= 11 is 4.59. The SMILES string of the molecule is CCCCCCCCCCOc1cc(S)c(OCC)cc1-c1ccc(C)cc1.N#N. The van der Waals surface area contributed by atoms with Crippen molar-refractivity contribution in [1.29, 1.82) is 10.8 Å². The number of aryl methyl sites for hydroxylation is 1. The summed E-state index contributed by atoms with van der Waals surface area (Å²) in [5, 5.41) is 12.0. The highest BCUT2D eigenvalue weighted by Gasteiger charge is 2.12. The molecular formula is C25H36N2O2S. The second-order valence-electron chi connectivity index (χ2n) is 7.44. The highest BCUT2D eigenvalue weighted by molar-refractivity contribution is 7.80. The fraction of sp³-hybridized carbons (Fsp3) is 0.520. The quantitative estimate of drug-likeness (QED) is 0.200. The molecule has 0 heterocycles. The zero-order valence-corrected chi connectivity index (χ0v) is 19.6. The van der Waals surface area contributed by atoms with Gasteiger partial charge in [0.15, 0.2) is 0 Å². The van der Waals surface area contributed by atoms with E-state index in [1.165, 1.54) is 50.5 Å². The smallest absolute Gasteiger partial charge is 0.133 e. The minimum Gasteiger partial charge on any atom is -0.493 e. The lowest BCUT2D eigenvalue weighted by Crippen LogP contribution is -2.01. The maximum absolute atomic E-state index is 6.18. The maximum Gasteiger partial charge on any atom is 0.133 e. The van der Waals surface area contributed by atoms with Crippen molar-refractivity contribution in [3.63, 3.8) is 0 Å². The van der Waals surface area contributed by atoms with Gasteiger partial charge in [0, 0.05) is 21.2 Å². The molecule has 0 atom stereocenters. The summed E-state index contributed by atoms with van der Waals surface area (Å²) in [4.78, 5) is 0.823. The molecule has 2 aromatic carbocycles. The lowest BCUT2D eigenvalue weighted by Gasteiger charge is -2.16. The van der Waals surface area contributed by atoms with E-state index in [4.69, 9.17) is 20.3 Å². The summed E-state index contributed by atoms with van der Waals surface area (Å²) in [5.74, 6) is 1.70. The van der Waals surface area contributed by atoms with E-state index in [9.17, 15) is 0 Å². The third-order valence-electron chi connectivity index (χ3n) is 4.98. The number of hydrogen-bond acceptors (Lipinski definition) is 5. The van der Waals surface area contributed by atoms with Crippen LogP contribution in [-0.4, -0.2) is 13.2 Å². The molecule has 5 heteroatoms. The molecule has 0 radical (unpaired) electrons. The van der Waals surface area contributed by atoms with Gasteiger partial charge in [0.2, 0.25) is 0 Å². The molecule has 0 saturated carbocycles. The van der Waals surface area contributed by atoms with Gasteiger partial charge in [-0.15, -0.1) is 12.6 Å². The van der Waals surface area contributed by atoms with E-state index in [0.29, 0.717) is 6.61 Å². The van der Waals surface area contributed by atoms with Crippen molar-refractivity contribution in [3.8, 4) is 22.6 Å². The first kappa shape index (κ1) is 25.8. The number of benzene rings is 2. The predicted molar refractivity (Wildman–Crippen MR) is 127 cm³/mol. The average molecular weight is 429 g/mol. The van der Waals surface area contributed by atoms with Crippen LogP contribution in [0.15, 0.2) is 41.3 Å². The fourth-order valence-corrected chi connectivity index (χ4v) is 3.56. The number of ether oxygens (including phenoxy) is 2. The van der Waals surface area contributed by atoms with Crippen molar-refractivity contribution in [1.82, 2.24) is 0 Å². The predicted octanol–water partition coefficient (Wildman–Crippen LogP) is 7.90. The van der Waals surface area contributed by atoms with Crippen LogP contribution in [0.25, 0.3) is 11.1 Å². The summed E-state index contributed by atoms with van der Waals surface area (Å²) in [6, 6.07) is 12.6. The van der Waals surface area contributed by atoms with Crippen LogP contribution >= 0.6 is 12.6 Å². The number of rotatable bonds is 13. The average Bonchev–Trinajstić information content (AvgIpc) is 2.76. The molecule has 0 fully saturated rings. The Kier molecular flexibility index (Phi) is 13.5. The van der Waals surface area contributed by atoms with E-state index >= 15 is 0 Å². The van der Waals surface area contributed by atoms with Gasteiger partial charge in [0.1, 0.15) is 11.5 Å². The van der Waals surface area contributed by atoms with Gasteiger partial charge in [0.05, 0.1) is 13.2 Å². The molecule has 0 amide bonds. The third kappa shape index (κ3) is 9.09. The second kappa shape index (κ2) is 15.6. The minimum absolute atomic E-state index is 0.624. The van der Waals surface area contributed by atoms with E-state index in [-0.39, 0.29) is 0 Å². The topological polar surface area (TPSA) is 66.0 Å². The van der Waals surface area contributed by atoms with E-state index in [1.54, 1.807) is 0 Å². The monoisotopic (exact) mass is 428 g/mol.